The number of nitrogens with zero attached hydrogens (tertiary/aromatic N) is 3. The molecule has 0 radical (unpaired) electrons. The third-order valence-corrected chi connectivity index (χ3v) is 2.95. The Morgan fingerprint density at radius 2 is 1.94 bits per heavy atom. The van der Waals surface area contributed by atoms with Crippen molar-refractivity contribution in [1.82, 2.24) is 15.0 Å². The lowest BCUT2D eigenvalue weighted by Gasteiger charge is -2.02. The van der Waals surface area contributed by atoms with Crippen molar-refractivity contribution in [2.45, 2.75) is 17.5 Å². The zero-order chi connectivity index (χ0) is 11.2. The highest BCUT2D eigenvalue weighted by Crippen LogP contribution is 2.18. The summed E-state index contributed by atoms with van der Waals surface area (Å²) in [6, 6.07) is 5.80. The fraction of sp³-hybridized carbons (Fsp3) is 0.182. The van der Waals surface area contributed by atoms with Crippen molar-refractivity contribution < 1.29 is 0 Å². The lowest BCUT2D eigenvalue weighted by Crippen LogP contribution is -1.99. The van der Waals surface area contributed by atoms with E-state index in [4.69, 9.17) is 5.73 Å². The Bertz CT molecular complexity index is 447. The van der Waals surface area contributed by atoms with Gasteiger partial charge in [0.1, 0.15) is 0 Å². The van der Waals surface area contributed by atoms with Crippen molar-refractivity contribution in [3.8, 4) is 0 Å². The highest BCUT2D eigenvalue weighted by Gasteiger charge is 1.99. The highest BCUT2D eigenvalue weighted by atomic mass is 32.2. The summed E-state index contributed by atoms with van der Waals surface area (Å²) in [5, 5.41) is 0.786. The summed E-state index contributed by atoms with van der Waals surface area (Å²) in [5.74, 6) is 0.833. The van der Waals surface area contributed by atoms with Crippen molar-refractivity contribution in [1.29, 1.82) is 0 Å². The van der Waals surface area contributed by atoms with Crippen LogP contribution in [-0.2, 0) is 12.3 Å². The van der Waals surface area contributed by atoms with Gasteiger partial charge in [-0.3, -0.25) is 4.98 Å². The van der Waals surface area contributed by atoms with Crippen LogP contribution in [0.5, 0.6) is 0 Å². The van der Waals surface area contributed by atoms with E-state index in [1.807, 2.05) is 18.2 Å². The molecule has 2 N–H and O–H groups in total. The zero-order valence-electron chi connectivity index (χ0n) is 8.71. The van der Waals surface area contributed by atoms with Gasteiger partial charge in [-0.05, 0) is 23.8 Å². The topological polar surface area (TPSA) is 64.7 Å². The molecular weight excluding hydrogens is 220 g/mol. The van der Waals surface area contributed by atoms with E-state index in [1.165, 1.54) is 5.56 Å². The molecule has 0 amide bonds. The average molecular weight is 232 g/mol. The van der Waals surface area contributed by atoms with Crippen molar-refractivity contribution in [3.63, 3.8) is 0 Å². The molecular formula is C11H12N4S. The van der Waals surface area contributed by atoms with Crippen LogP contribution in [0.2, 0.25) is 0 Å². The first kappa shape index (κ1) is 11.0. The Morgan fingerprint density at radius 3 is 2.69 bits per heavy atom. The second kappa shape index (κ2) is 5.58. The summed E-state index contributed by atoms with van der Waals surface area (Å²) in [7, 11) is 0. The number of pyridine rings is 1. The Kier molecular flexibility index (Phi) is 3.85. The summed E-state index contributed by atoms with van der Waals surface area (Å²) in [4.78, 5) is 12.4. The molecule has 0 aromatic carbocycles. The Hall–Kier alpha value is -1.46. The summed E-state index contributed by atoms with van der Waals surface area (Å²) in [5.41, 5.74) is 7.63. The van der Waals surface area contributed by atoms with Crippen LogP contribution in [0.15, 0.2) is 41.9 Å². The highest BCUT2D eigenvalue weighted by molar-refractivity contribution is 7.98. The van der Waals surface area contributed by atoms with Crippen LogP contribution in [0.3, 0.4) is 0 Å². The summed E-state index contributed by atoms with van der Waals surface area (Å²) in [6.45, 7) is 0.473. The van der Waals surface area contributed by atoms with E-state index in [0.29, 0.717) is 6.54 Å². The summed E-state index contributed by atoms with van der Waals surface area (Å²) in [6.07, 6.45) is 5.27. The molecule has 16 heavy (non-hydrogen) atoms. The number of hydrogen-bond acceptors (Lipinski definition) is 5. The Labute approximate surface area is 98.3 Å². The van der Waals surface area contributed by atoms with Gasteiger partial charge in [0.15, 0.2) is 5.16 Å². The smallest absolute Gasteiger partial charge is 0.187 e. The predicted octanol–water partition coefficient (Wildman–Crippen LogP) is 1.62. The lowest BCUT2D eigenvalue weighted by molar-refractivity contribution is 0.963. The fourth-order valence-electron chi connectivity index (χ4n) is 1.24. The fourth-order valence-corrected chi connectivity index (χ4v) is 1.98. The van der Waals surface area contributed by atoms with E-state index in [9.17, 15) is 0 Å². The lowest BCUT2D eigenvalue weighted by atomic mass is 10.2. The molecule has 5 heteroatoms. The van der Waals surface area contributed by atoms with Crippen LogP contribution in [0, 0.1) is 0 Å². The maximum atomic E-state index is 5.53. The molecule has 2 rings (SSSR count). The van der Waals surface area contributed by atoms with Crippen LogP contribution in [0.4, 0.5) is 0 Å². The standard InChI is InChI=1S/C11H12N4S/c12-7-10-6-9(2-5-13-10)8-16-11-14-3-1-4-15-11/h1-6H,7-8,12H2. The molecule has 0 saturated carbocycles. The molecule has 0 unspecified atom stereocenters. The number of nitrogens with two attached hydrogens (primary N) is 1. The molecule has 2 aromatic heterocycles. The normalized spacial score (nSPS) is 10.3. The van der Waals surface area contributed by atoms with Gasteiger partial charge in [0.2, 0.25) is 0 Å². The van der Waals surface area contributed by atoms with E-state index in [1.54, 1.807) is 30.4 Å². The zero-order valence-corrected chi connectivity index (χ0v) is 9.52. The minimum Gasteiger partial charge on any atom is -0.325 e. The molecule has 0 fully saturated rings. The first-order valence-corrected chi connectivity index (χ1v) is 5.91. The molecule has 0 spiro atoms. The van der Waals surface area contributed by atoms with Gasteiger partial charge in [0.05, 0.1) is 5.69 Å². The van der Waals surface area contributed by atoms with Crippen LogP contribution < -0.4 is 5.73 Å². The molecule has 0 saturated heterocycles. The van der Waals surface area contributed by atoms with Crippen LogP contribution >= 0.6 is 11.8 Å². The SMILES string of the molecule is NCc1cc(CSc2ncccn2)ccn1. The molecule has 0 atom stereocenters. The number of rotatable bonds is 4. The largest absolute Gasteiger partial charge is 0.325 e. The van der Waals surface area contributed by atoms with Crippen LogP contribution in [-0.4, -0.2) is 15.0 Å². The summed E-state index contributed by atoms with van der Waals surface area (Å²) < 4.78 is 0. The molecule has 0 aliphatic heterocycles. The average Bonchev–Trinajstić information content (AvgIpc) is 2.38. The second-order valence-electron chi connectivity index (χ2n) is 3.18. The van der Waals surface area contributed by atoms with E-state index in [2.05, 4.69) is 15.0 Å². The summed E-state index contributed by atoms with van der Waals surface area (Å²) >= 11 is 1.60. The number of thioether (sulfide) groups is 1. The first-order valence-electron chi connectivity index (χ1n) is 4.92. The quantitative estimate of drug-likeness (QED) is 0.641. The van der Waals surface area contributed by atoms with Gasteiger partial charge in [0, 0.05) is 30.9 Å². The molecule has 2 aromatic rings. The van der Waals surface area contributed by atoms with Gasteiger partial charge in [-0.1, -0.05) is 11.8 Å². The van der Waals surface area contributed by atoms with Gasteiger partial charge in [-0.2, -0.15) is 0 Å². The van der Waals surface area contributed by atoms with Gasteiger partial charge in [-0.25, -0.2) is 9.97 Å². The molecule has 0 aliphatic carbocycles. The van der Waals surface area contributed by atoms with Gasteiger partial charge >= 0.3 is 0 Å². The Morgan fingerprint density at radius 1 is 1.12 bits per heavy atom. The van der Waals surface area contributed by atoms with Gasteiger partial charge in [-0.15, -0.1) is 0 Å². The molecule has 4 nitrogen and oxygen atoms in total. The number of aromatic nitrogens is 3. The van der Waals surface area contributed by atoms with Gasteiger partial charge in [0.25, 0.3) is 0 Å². The van der Waals surface area contributed by atoms with Crippen molar-refractivity contribution in [3.05, 3.63) is 48.0 Å². The third-order valence-electron chi connectivity index (χ3n) is 2.00. The number of hydrogen-bond donors (Lipinski definition) is 1. The van der Waals surface area contributed by atoms with E-state index < -0.39 is 0 Å². The van der Waals surface area contributed by atoms with Gasteiger partial charge < -0.3 is 5.73 Å². The van der Waals surface area contributed by atoms with E-state index in [-0.39, 0.29) is 0 Å². The maximum Gasteiger partial charge on any atom is 0.187 e. The van der Waals surface area contributed by atoms with E-state index >= 15 is 0 Å². The first-order chi connectivity index (χ1) is 7.88. The second-order valence-corrected chi connectivity index (χ2v) is 4.12. The third kappa shape index (κ3) is 3.01. The molecule has 0 bridgehead atoms. The van der Waals surface area contributed by atoms with Crippen molar-refractivity contribution in [2.75, 3.05) is 0 Å². The van der Waals surface area contributed by atoms with Crippen LogP contribution in [0.1, 0.15) is 11.3 Å². The monoisotopic (exact) mass is 232 g/mol. The predicted molar refractivity (Wildman–Crippen MR) is 63.7 cm³/mol. The molecule has 0 aliphatic rings. The van der Waals surface area contributed by atoms with E-state index in [0.717, 1.165) is 16.6 Å². The molecule has 82 valence electrons. The minimum atomic E-state index is 0.473. The Balaban J connectivity index is 1.99. The minimum absolute atomic E-state index is 0.473. The van der Waals surface area contributed by atoms with Crippen molar-refractivity contribution >= 4 is 11.8 Å². The maximum absolute atomic E-state index is 5.53. The van der Waals surface area contributed by atoms with Crippen LogP contribution in [0.25, 0.3) is 0 Å². The van der Waals surface area contributed by atoms with Crippen molar-refractivity contribution in [2.24, 2.45) is 5.73 Å². The molecule has 2 heterocycles.